The van der Waals surface area contributed by atoms with Crippen LogP contribution in [-0.4, -0.2) is 0 Å². The summed E-state index contributed by atoms with van der Waals surface area (Å²) >= 11 is 0. The van der Waals surface area contributed by atoms with Gasteiger partial charge in [0, 0.05) is 39.2 Å². The molecule has 0 unspecified atom stereocenters. The molecule has 0 spiro atoms. The molecular formula is C65H44N4. The molecule has 0 fully saturated rings. The van der Waals surface area contributed by atoms with E-state index in [9.17, 15) is 10.5 Å². The van der Waals surface area contributed by atoms with Gasteiger partial charge in [-0.15, -0.1) is 0 Å². The fourth-order valence-electron chi connectivity index (χ4n) is 10.6. The van der Waals surface area contributed by atoms with Crippen molar-refractivity contribution >= 4 is 66.4 Å². The zero-order valence-electron chi connectivity index (χ0n) is 38.2. The van der Waals surface area contributed by atoms with E-state index in [1.165, 1.54) is 60.3 Å². The SMILES string of the molecule is CC1(C)c2cc(N(c3ccc(C#N)cc3)c3ccc(-c4ccccc4)cc3)ccc2-c2cc3c4ccccc4c(N(c4ccc(C#N)cc4)c4ccc(-c5ccccc5)cc4)cc3c3cccc1c23. The van der Waals surface area contributed by atoms with E-state index in [-0.39, 0.29) is 5.41 Å². The predicted octanol–water partition coefficient (Wildman–Crippen LogP) is 17.5. The van der Waals surface area contributed by atoms with Gasteiger partial charge in [-0.05, 0) is 169 Å². The van der Waals surface area contributed by atoms with Gasteiger partial charge in [0.25, 0.3) is 0 Å². The van der Waals surface area contributed by atoms with Gasteiger partial charge in [0.2, 0.25) is 0 Å². The molecule has 0 amide bonds. The molecule has 4 heteroatoms. The summed E-state index contributed by atoms with van der Waals surface area (Å²) in [6, 6.07) is 86.2. The first-order chi connectivity index (χ1) is 33.9. The molecule has 0 N–H and O–H groups in total. The fourth-order valence-corrected chi connectivity index (χ4v) is 10.6. The molecule has 11 aromatic rings. The second-order valence-corrected chi connectivity index (χ2v) is 18.4. The Morgan fingerprint density at radius 2 is 0.783 bits per heavy atom. The van der Waals surface area contributed by atoms with Crippen molar-refractivity contribution in [3.63, 3.8) is 0 Å². The van der Waals surface area contributed by atoms with E-state index in [4.69, 9.17) is 0 Å². The summed E-state index contributed by atoms with van der Waals surface area (Å²) in [5, 5.41) is 26.7. The number of fused-ring (bicyclic) bond motifs is 6. The molecule has 0 saturated carbocycles. The lowest BCUT2D eigenvalue weighted by molar-refractivity contribution is 0.645. The van der Waals surface area contributed by atoms with Gasteiger partial charge in [0.1, 0.15) is 0 Å². The first kappa shape index (κ1) is 41.2. The molecule has 324 valence electrons. The highest BCUT2D eigenvalue weighted by atomic mass is 15.1. The Morgan fingerprint density at radius 3 is 1.33 bits per heavy atom. The third-order valence-electron chi connectivity index (χ3n) is 14.1. The molecule has 4 nitrogen and oxygen atoms in total. The molecule has 0 saturated heterocycles. The van der Waals surface area contributed by atoms with E-state index in [1.54, 1.807) is 0 Å². The van der Waals surface area contributed by atoms with Gasteiger partial charge in [0.15, 0.2) is 0 Å². The van der Waals surface area contributed by atoms with E-state index in [0.29, 0.717) is 11.1 Å². The molecular weight excluding hydrogens is 837 g/mol. The maximum absolute atomic E-state index is 9.78. The van der Waals surface area contributed by atoms with Gasteiger partial charge in [-0.1, -0.05) is 147 Å². The number of rotatable bonds is 8. The van der Waals surface area contributed by atoms with Crippen molar-refractivity contribution in [3.05, 3.63) is 253 Å². The number of benzene rings is 11. The second kappa shape index (κ2) is 16.6. The van der Waals surface area contributed by atoms with Gasteiger partial charge in [-0.2, -0.15) is 10.5 Å². The van der Waals surface area contributed by atoms with Crippen molar-refractivity contribution in [2.75, 3.05) is 9.80 Å². The summed E-state index contributed by atoms with van der Waals surface area (Å²) < 4.78 is 0. The summed E-state index contributed by atoms with van der Waals surface area (Å²) in [7, 11) is 0. The quantitative estimate of drug-likeness (QED) is 0.143. The Kier molecular flexibility index (Phi) is 9.91. The van der Waals surface area contributed by atoms with Crippen molar-refractivity contribution in [3.8, 4) is 45.5 Å². The molecule has 0 atom stereocenters. The van der Waals surface area contributed by atoms with E-state index in [0.717, 1.165) is 50.6 Å². The monoisotopic (exact) mass is 880 g/mol. The predicted molar refractivity (Wildman–Crippen MR) is 286 cm³/mol. The van der Waals surface area contributed by atoms with Crippen molar-refractivity contribution < 1.29 is 0 Å². The molecule has 1 aliphatic rings. The standard InChI is InChI=1S/C65H44N4/c1-65(2)61-19-11-18-57-59-40-63(69(51-30-22-44(42-67)23-31-51)52-34-26-48(27-35-52)46-14-7-4-8-15-46)56-17-10-9-16-54(56)58(59)39-60(64(57)61)55-37-36-53(38-62(55)65)68(49-28-20-43(41-66)21-29-49)50-32-24-47(25-33-50)45-12-5-3-6-13-45/h3-40H,1-2H3. The molecule has 0 aliphatic heterocycles. The highest BCUT2D eigenvalue weighted by Gasteiger charge is 2.35. The summed E-state index contributed by atoms with van der Waals surface area (Å²) in [4.78, 5) is 4.63. The zero-order chi connectivity index (χ0) is 46.6. The first-order valence-electron chi connectivity index (χ1n) is 23.4. The highest BCUT2D eigenvalue weighted by molar-refractivity contribution is 6.25. The third-order valence-corrected chi connectivity index (χ3v) is 14.1. The first-order valence-corrected chi connectivity index (χ1v) is 23.4. The zero-order valence-corrected chi connectivity index (χ0v) is 38.2. The van der Waals surface area contributed by atoms with E-state index in [1.807, 2.05) is 48.5 Å². The van der Waals surface area contributed by atoms with Crippen LogP contribution < -0.4 is 9.80 Å². The minimum atomic E-state index is -0.353. The molecule has 69 heavy (non-hydrogen) atoms. The minimum absolute atomic E-state index is 0.353. The van der Waals surface area contributed by atoms with Crippen LogP contribution in [0.4, 0.5) is 34.1 Å². The summed E-state index contributed by atoms with van der Waals surface area (Å²) in [5.74, 6) is 0. The fraction of sp³-hybridized carbons (Fsp3) is 0.0462. The number of nitrogens with zero attached hydrogens (tertiary/aromatic N) is 4. The average molecular weight is 881 g/mol. The second-order valence-electron chi connectivity index (χ2n) is 18.4. The van der Waals surface area contributed by atoms with Crippen LogP contribution >= 0.6 is 0 Å². The van der Waals surface area contributed by atoms with Gasteiger partial charge >= 0.3 is 0 Å². The summed E-state index contributed by atoms with van der Waals surface area (Å²) in [5.41, 5.74) is 16.7. The van der Waals surface area contributed by atoms with Crippen LogP contribution in [-0.2, 0) is 5.41 Å². The average Bonchev–Trinajstić information content (AvgIpc) is 3.41. The lowest BCUT2D eigenvalue weighted by Gasteiger charge is -2.37. The molecule has 12 rings (SSSR count). The molecule has 0 heterocycles. The number of hydrogen-bond donors (Lipinski definition) is 0. The largest absolute Gasteiger partial charge is 0.310 e. The van der Waals surface area contributed by atoms with Crippen LogP contribution in [0.25, 0.3) is 65.7 Å². The maximum atomic E-state index is 9.78. The van der Waals surface area contributed by atoms with Crippen LogP contribution in [0.2, 0.25) is 0 Å². The van der Waals surface area contributed by atoms with Gasteiger partial charge in [-0.25, -0.2) is 0 Å². The van der Waals surface area contributed by atoms with Crippen molar-refractivity contribution in [1.29, 1.82) is 10.5 Å². The Labute approximate surface area is 402 Å². The van der Waals surface area contributed by atoms with Crippen LogP contribution in [0, 0.1) is 22.7 Å². The number of anilines is 6. The Bertz CT molecular complexity index is 3840. The maximum Gasteiger partial charge on any atom is 0.0991 e. The van der Waals surface area contributed by atoms with Crippen molar-refractivity contribution in [2.45, 2.75) is 19.3 Å². The molecule has 0 bridgehead atoms. The third kappa shape index (κ3) is 6.98. The molecule has 0 aromatic heterocycles. The van der Waals surface area contributed by atoms with Crippen LogP contribution in [0.1, 0.15) is 36.1 Å². The van der Waals surface area contributed by atoms with E-state index >= 15 is 0 Å². The molecule has 0 radical (unpaired) electrons. The van der Waals surface area contributed by atoms with Gasteiger partial charge < -0.3 is 9.80 Å². The minimum Gasteiger partial charge on any atom is -0.310 e. The Hall–Kier alpha value is -9.22. The van der Waals surface area contributed by atoms with Crippen LogP contribution in [0.3, 0.4) is 0 Å². The smallest absolute Gasteiger partial charge is 0.0991 e. The summed E-state index contributed by atoms with van der Waals surface area (Å²) in [6.07, 6.45) is 0. The van der Waals surface area contributed by atoms with Crippen molar-refractivity contribution in [2.24, 2.45) is 0 Å². The topological polar surface area (TPSA) is 54.1 Å². The van der Waals surface area contributed by atoms with E-state index < -0.39 is 0 Å². The molecule has 1 aliphatic carbocycles. The van der Waals surface area contributed by atoms with Gasteiger partial charge in [0.05, 0.1) is 29.0 Å². The van der Waals surface area contributed by atoms with Crippen LogP contribution in [0.15, 0.2) is 231 Å². The highest BCUT2D eigenvalue weighted by Crippen LogP contribution is 2.54. The van der Waals surface area contributed by atoms with Crippen LogP contribution in [0.5, 0.6) is 0 Å². The Balaban J connectivity index is 1.04. The number of nitriles is 2. The van der Waals surface area contributed by atoms with E-state index in [2.05, 4.69) is 218 Å². The summed E-state index contributed by atoms with van der Waals surface area (Å²) in [6.45, 7) is 4.71. The Morgan fingerprint density at radius 1 is 0.333 bits per heavy atom. The van der Waals surface area contributed by atoms with Crippen molar-refractivity contribution in [1.82, 2.24) is 0 Å². The van der Waals surface area contributed by atoms with Gasteiger partial charge in [-0.3, -0.25) is 0 Å². The lowest BCUT2D eigenvalue weighted by atomic mass is 9.68. The molecule has 11 aromatic carbocycles. The number of hydrogen-bond acceptors (Lipinski definition) is 4. The normalized spacial score (nSPS) is 12.3. The lowest BCUT2D eigenvalue weighted by Crippen LogP contribution is -2.24.